The number of nitrogens with zero attached hydrogens (tertiary/aromatic N) is 1. The highest BCUT2D eigenvalue weighted by molar-refractivity contribution is 7.71. The molecule has 1 aromatic heterocycles. The number of hydrogen-bond donors (Lipinski definition) is 3. The second-order valence-electron chi connectivity index (χ2n) is 4.45. The van der Waals surface area contributed by atoms with Crippen LogP contribution in [0.25, 0.3) is 0 Å². The fraction of sp³-hybridized carbons (Fsp3) is 0.600. The Hall–Kier alpha value is -1.30. The fourth-order valence-corrected chi connectivity index (χ4v) is 2.39. The molecule has 3 N–H and O–H groups in total. The number of H-pyrrole nitrogens is 1. The predicted molar refractivity (Wildman–Crippen MR) is 62.4 cm³/mol. The minimum atomic E-state index is -4.88. The number of hydrogen-bond acceptors (Lipinski definition) is 5. The van der Waals surface area contributed by atoms with Gasteiger partial charge in [-0.2, -0.15) is 17.6 Å². The molecule has 1 unspecified atom stereocenters. The number of ether oxygens (including phenoxy) is 1. The van der Waals surface area contributed by atoms with Gasteiger partial charge < -0.3 is 14.9 Å². The van der Waals surface area contributed by atoms with Gasteiger partial charge in [0.25, 0.3) is 5.56 Å². The molecule has 0 bridgehead atoms. The maximum atomic E-state index is 13.3. The second-order valence-corrected chi connectivity index (χ2v) is 4.84. The number of nitrogens with one attached hydrogen (secondary N) is 1. The van der Waals surface area contributed by atoms with Crippen molar-refractivity contribution in [3.8, 4) is 0 Å². The van der Waals surface area contributed by atoms with E-state index in [1.165, 1.54) is 0 Å². The maximum Gasteiger partial charge on any atom is 0.398 e. The highest BCUT2D eigenvalue weighted by atomic mass is 32.1. The Kier molecular flexibility index (Phi) is 4.19. The SMILES string of the molecule is O=c1[nH]c(=S)n([C@@H]2O[C@H](CO)[C@H](O)C2C(F)(F)F)cc1F. The van der Waals surface area contributed by atoms with Gasteiger partial charge >= 0.3 is 6.18 Å². The molecule has 0 saturated carbocycles. The van der Waals surface area contributed by atoms with Gasteiger partial charge in [-0.05, 0) is 12.2 Å². The van der Waals surface area contributed by atoms with Crippen LogP contribution in [0.15, 0.2) is 11.0 Å². The molecular weight excluding hydrogens is 320 g/mol. The number of alkyl halides is 3. The van der Waals surface area contributed by atoms with Gasteiger partial charge in [0.2, 0.25) is 5.82 Å². The van der Waals surface area contributed by atoms with Crippen LogP contribution >= 0.6 is 12.2 Å². The zero-order valence-electron chi connectivity index (χ0n) is 10.2. The lowest BCUT2D eigenvalue weighted by atomic mass is 9.99. The lowest BCUT2D eigenvalue weighted by Gasteiger charge is -2.24. The van der Waals surface area contributed by atoms with E-state index in [-0.39, 0.29) is 0 Å². The molecule has 2 heterocycles. The third-order valence-electron chi connectivity index (χ3n) is 3.13. The van der Waals surface area contributed by atoms with Crippen molar-refractivity contribution in [3.63, 3.8) is 0 Å². The lowest BCUT2D eigenvalue weighted by Crippen LogP contribution is -2.39. The quantitative estimate of drug-likeness (QED) is 0.542. The molecule has 21 heavy (non-hydrogen) atoms. The van der Waals surface area contributed by atoms with Crippen molar-refractivity contribution < 1.29 is 32.5 Å². The molecule has 0 aliphatic carbocycles. The Morgan fingerprint density at radius 2 is 2.10 bits per heavy atom. The molecule has 1 aliphatic heterocycles. The minimum absolute atomic E-state index is 0.469. The average molecular weight is 330 g/mol. The van der Waals surface area contributed by atoms with Gasteiger partial charge in [-0.15, -0.1) is 0 Å². The molecule has 0 spiro atoms. The van der Waals surface area contributed by atoms with Gasteiger partial charge in [-0.25, -0.2) is 0 Å². The molecule has 0 radical (unpaired) electrons. The summed E-state index contributed by atoms with van der Waals surface area (Å²) in [6.45, 7) is -0.858. The zero-order valence-corrected chi connectivity index (χ0v) is 11.0. The molecule has 1 fully saturated rings. The summed E-state index contributed by atoms with van der Waals surface area (Å²) < 4.78 is 57.3. The number of aromatic amines is 1. The monoisotopic (exact) mass is 330 g/mol. The molecule has 11 heteroatoms. The third-order valence-corrected chi connectivity index (χ3v) is 3.44. The van der Waals surface area contributed by atoms with Crippen molar-refractivity contribution in [1.29, 1.82) is 0 Å². The maximum absolute atomic E-state index is 13.3. The molecule has 0 amide bonds. The van der Waals surface area contributed by atoms with Crippen LogP contribution in [-0.4, -0.2) is 44.8 Å². The first kappa shape index (κ1) is 16.1. The molecule has 1 aromatic rings. The predicted octanol–water partition coefficient (Wildman–Crippen LogP) is 0.474. The topological polar surface area (TPSA) is 87.5 Å². The Bertz CT molecular complexity index is 643. The molecule has 0 aromatic carbocycles. The van der Waals surface area contributed by atoms with E-state index in [0.717, 1.165) is 0 Å². The van der Waals surface area contributed by atoms with E-state index in [0.29, 0.717) is 10.8 Å². The van der Waals surface area contributed by atoms with Crippen LogP contribution in [-0.2, 0) is 4.74 Å². The van der Waals surface area contributed by atoms with Crippen molar-refractivity contribution in [3.05, 3.63) is 27.1 Å². The first-order valence-corrected chi connectivity index (χ1v) is 6.09. The van der Waals surface area contributed by atoms with Gasteiger partial charge in [0.05, 0.1) is 18.9 Å². The Labute approximate surface area is 119 Å². The molecule has 6 nitrogen and oxygen atoms in total. The van der Waals surface area contributed by atoms with E-state index >= 15 is 0 Å². The largest absolute Gasteiger partial charge is 0.398 e. The summed E-state index contributed by atoms with van der Waals surface area (Å²) in [7, 11) is 0. The van der Waals surface area contributed by atoms with Gasteiger partial charge in [0, 0.05) is 0 Å². The number of halogens is 4. The van der Waals surface area contributed by atoms with Crippen LogP contribution in [0.5, 0.6) is 0 Å². The summed E-state index contributed by atoms with van der Waals surface area (Å²) in [5, 5.41) is 18.5. The smallest absolute Gasteiger partial charge is 0.394 e. The van der Waals surface area contributed by atoms with Gasteiger partial charge in [-0.1, -0.05) is 0 Å². The average Bonchev–Trinajstić information content (AvgIpc) is 2.70. The van der Waals surface area contributed by atoms with E-state index in [9.17, 15) is 27.5 Å². The third kappa shape index (κ3) is 2.86. The molecule has 1 aliphatic rings. The van der Waals surface area contributed by atoms with Crippen LogP contribution in [0.1, 0.15) is 6.23 Å². The number of aliphatic hydroxyl groups excluding tert-OH is 2. The highest BCUT2D eigenvalue weighted by Gasteiger charge is 2.58. The van der Waals surface area contributed by atoms with Crippen LogP contribution in [0.2, 0.25) is 0 Å². The number of aliphatic hydroxyl groups is 2. The first-order valence-electron chi connectivity index (χ1n) is 5.69. The van der Waals surface area contributed by atoms with Crippen LogP contribution in [0.4, 0.5) is 17.6 Å². The van der Waals surface area contributed by atoms with E-state index in [4.69, 9.17) is 9.84 Å². The molecule has 1 saturated heterocycles. The van der Waals surface area contributed by atoms with E-state index < -0.39 is 53.3 Å². The molecular formula is C10H10F4N2O4S. The summed E-state index contributed by atoms with van der Waals surface area (Å²) in [4.78, 5) is 12.9. The van der Waals surface area contributed by atoms with Crippen molar-refractivity contribution in [2.45, 2.75) is 24.6 Å². The van der Waals surface area contributed by atoms with Crippen molar-refractivity contribution in [2.75, 3.05) is 6.61 Å². The highest BCUT2D eigenvalue weighted by Crippen LogP contribution is 2.44. The van der Waals surface area contributed by atoms with E-state index in [1.807, 2.05) is 4.98 Å². The molecule has 118 valence electrons. The van der Waals surface area contributed by atoms with Crippen LogP contribution in [0, 0.1) is 16.5 Å². The van der Waals surface area contributed by atoms with Gasteiger partial charge in [0.1, 0.15) is 12.0 Å². The van der Waals surface area contributed by atoms with Crippen molar-refractivity contribution >= 4 is 12.2 Å². The van der Waals surface area contributed by atoms with E-state index in [1.54, 1.807) is 0 Å². The first-order chi connectivity index (χ1) is 9.66. The Balaban J connectivity index is 2.53. The summed E-state index contributed by atoms with van der Waals surface area (Å²) in [5.74, 6) is -3.78. The van der Waals surface area contributed by atoms with Crippen LogP contribution in [0.3, 0.4) is 0 Å². The summed E-state index contributed by atoms with van der Waals surface area (Å²) >= 11 is 4.67. The molecule has 4 atom stereocenters. The lowest BCUT2D eigenvalue weighted by molar-refractivity contribution is -0.211. The van der Waals surface area contributed by atoms with Gasteiger partial charge in [-0.3, -0.25) is 14.3 Å². The minimum Gasteiger partial charge on any atom is -0.394 e. The molecule has 2 rings (SSSR count). The van der Waals surface area contributed by atoms with Gasteiger partial charge in [0.15, 0.2) is 11.0 Å². The second kappa shape index (κ2) is 5.48. The van der Waals surface area contributed by atoms with Crippen molar-refractivity contribution in [2.24, 2.45) is 5.92 Å². The Morgan fingerprint density at radius 3 is 2.62 bits per heavy atom. The number of aromatic nitrogens is 2. The van der Waals surface area contributed by atoms with Crippen LogP contribution < -0.4 is 5.56 Å². The van der Waals surface area contributed by atoms with Crippen molar-refractivity contribution in [1.82, 2.24) is 9.55 Å². The number of rotatable bonds is 2. The zero-order chi connectivity index (χ0) is 15.9. The Morgan fingerprint density at radius 1 is 1.48 bits per heavy atom. The fourth-order valence-electron chi connectivity index (χ4n) is 2.14. The summed E-state index contributed by atoms with van der Waals surface area (Å²) in [6, 6.07) is 0. The summed E-state index contributed by atoms with van der Waals surface area (Å²) in [5.41, 5.74) is -1.18. The normalized spacial score (nSPS) is 29.8. The standard InChI is InChI=1S/C10H10F4N2O4S/c11-3-1-16(9(21)15-7(3)19)8-5(10(12,13)14)6(18)4(2-17)20-8/h1,4-6,8,17-18H,2H2,(H,15,19,21)/t4-,5?,6+,8-/m1/s1. The summed E-state index contributed by atoms with van der Waals surface area (Å²) in [6.07, 6.45) is -9.85. The van der Waals surface area contributed by atoms with E-state index in [2.05, 4.69) is 12.2 Å².